The summed E-state index contributed by atoms with van der Waals surface area (Å²) in [6.07, 6.45) is -0.167. The molecule has 0 aromatic carbocycles. The molecule has 0 rings (SSSR count). The van der Waals surface area contributed by atoms with Crippen molar-refractivity contribution >= 4 is 37.7 Å². The Labute approximate surface area is 62.4 Å². The van der Waals surface area contributed by atoms with Gasteiger partial charge in [0.1, 0.15) is 0 Å². The minimum Gasteiger partial charge on any atom is -0.394 e. The Morgan fingerprint density at radius 1 is 1.40 bits per heavy atom. The molecule has 0 aromatic rings. The van der Waals surface area contributed by atoms with Gasteiger partial charge in [0.25, 0.3) is 0 Å². The van der Waals surface area contributed by atoms with Crippen LogP contribution < -0.4 is 0 Å². The fourth-order valence-electron chi connectivity index (χ4n) is 0. The van der Waals surface area contributed by atoms with E-state index in [0.29, 0.717) is 0 Å². The van der Waals surface area contributed by atoms with Gasteiger partial charge in [0.05, 0.1) is 0 Å². The number of hydrogen-bond donors (Lipinski definition) is 1. The van der Waals surface area contributed by atoms with E-state index in [4.69, 9.17) is 5.11 Å². The van der Waals surface area contributed by atoms with E-state index in [1.807, 2.05) is 0 Å². The van der Waals surface area contributed by atoms with Crippen molar-refractivity contribution in [2.24, 2.45) is 0 Å². The normalized spacial score (nSPS) is 7.20. The molecule has 0 amide bonds. The van der Waals surface area contributed by atoms with Gasteiger partial charge in [0.15, 0.2) is 0 Å². The number of rotatable bonds is 0. The van der Waals surface area contributed by atoms with Crippen LogP contribution >= 0.6 is 0 Å². The second-order valence-electron chi connectivity index (χ2n) is 1.09. The minimum absolute atomic E-state index is 0. The number of aliphatic hydroxyl groups excluding tert-OH is 1. The summed E-state index contributed by atoms with van der Waals surface area (Å²) in [7, 11) is 0. The average Bonchev–Trinajstić information content (AvgIpc) is 0.811. The zero-order chi connectivity index (χ0) is 3.58. The van der Waals surface area contributed by atoms with Gasteiger partial charge < -0.3 is 5.11 Å². The fourth-order valence-corrected chi connectivity index (χ4v) is 0. The first-order chi connectivity index (χ1) is 1.73. The summed E-state index contributed by atoms with van der Waals surface area (Å²) in [5.41, 5.74) is 0. The van der Waals surface area contributed by atoms with E-state index in [2.05, 4.69) is 0 Å². The fraction of sp³-hybridized carbons (Fsp3) is 1.00. The smallest absolute Gasteiger partial charge is 0.0483 e. The van der Waals surface area contributed by atoms with Crippen molar-refractivity contribution in [1.29, 1.82) is 0 Å². The molecule has 0 saturated heterocycles. The van der Waals surface area contributed by atoms with Gasteiger partial charge in [-0.3, -0.25) is 0 Å². The Hall–Kier alpha value is 1.22. The molecule has 0 fully saturated rings. The molecular formula is C3H8CaO. The maximum Gasteiger partial charge on any atom is 0.0483 e. The van der Waals surface area contributed by atoms with Crippen molar-refractivity contribution in [1.82, 2.24) is 0 Å². The molecule has 2 heteroatoms. The topological polar surface area (TPSA) is 20.2 Å². The van der Waals surface area contributed by atoms with Crippen LogP contribution in [0.15, 0.2) is 0 Å². The van der Waals surface area contributed by atoms with Gasteiger partial charge in [0.2, 0.25) is 0 Å². The SMILES string of the molecule is CC(C)O.[Ca]. The van der Waals surface area contributed by atoms with Gasteiger partial charge >= 0.3 is 0 Å². The van der Waals surface area contributed by atoms with Crippen LogP contribution in [0.3, 0.4) is 0 Å². The van der Waals surface area contributed by atoms with Gasteiger partial charge in [-0.25, -0.2) is 0 Å². The van der Waals surface area contributed by atoms with Gasteiger partial charge in [-0.2, -0.15) is 0 Å². The summed E-state index contributed by atoms with van der Waals surface area (Å²) in [6, 6.07) is 0. The number of hydrogen-bond acceptors (Lipinski definition) is 1. The molecule has 0 saturated carbocycles. The van der Waals surface area contributed by atoms with E-state index < -0.39 is 0 Å². The Bertz CT molecular complexity index is 11.6. The second-order valence-corrected chi connectivity index (χ2v) is 1.09. The first-order valence-electron chi connectivity index (χ1n) is 1.41. The van der Waals surface area contributed by atoms with Crippen molar-refractivity contribution in [2.45, 2.75) is 20.0 Å². The molecule has 0 aromatic heterocycles. The number of aliphatic hydroxyl groups is 1. The van der Waals surface area contributed by atoms with E-state index in [-0.39, 0.29) is 43.8 Å². The first kappa shape index (κ1) is 9.52. The van der Waals surface area contributed by atoms with Crippen molar-refractivity contribution in [3.63, 3.8) is 0 Å². The van der Waals surface area contributed by atoms with Gasteiger partial charge in [0, 0.05) is 43.8 Å². The monoisotopic (exact) mass is 100 g/mol. The Kier molecular flexibility index (Phi) is 9.94. The van der Waals surface area contributed by atoms with Gasteiger partial charge in [-0.1, -0.05) is 0 Å². The third-order valence-electron chi connectivity index (χ3n) is 0. The zero-order valence-corrected chi connectivity index (χ0v) is 5.94. The maximum absolute atomic E-state index is 8.06. The molecule has 5 heavy (non-hydrogen) atoms. The molecule has 1 nitrogen and oxygen atoms in total. The van der Waals surface area contributed by atoms with Crippen LogP contribution in [0.1, 0.15) is 13.8 Å². The van der Waals surface area contributed by atoms with Crippen molar-refractivity contribution in [3.05, 3.63) is 0 Å². The van der Waals surface area contributed by atoms with Crippen LogP contribution in [0.5, 0.6) is 0 Å². The van der Waals surface area contributed by atoms with Crippen molar-refractivity contribution < 1.29 is 5.11 Å². The second kappa shape index (κ2) is 5.22. The van der Waals surface area contributed by atoms with Crippen molar-refractivity contribution in [3.8, 4) is 0 Å². The third kappa shape index (κ3) is 36.4. The molecule has 2 radical (unpaired) electrons. The summed E-state index contributed by atoms with van der Waals surface area (Å²) in [5.74, 6) is 0. The van der Waals surface area contributed by atoms with Crippen molar-refractivity contribution in [2.75, 3.05) is 0 Å². The average molecular weight is 100 g/mol. The molecular weight excluding hydrogens is 92.1 g/mol. The van der Waals surface area contributed by atoms with Gasteiger partial charge in [-0.15, -0.1) is 0 Å². The van der Waals surface area contributed by atoms with Crippen LogP contribution in [0, 0.1) is 0 Å². The summed E-state index contributed by atoms with van der Waals surface area (Å²) < 4.78 is 0. The van der Waals surface area contributed by atoms with E-state index in [0.717, 1.165) is 0 Å². The molecule has 0 aliphatic heterocycles. The zero-order valence-electron chi connectivity index (χ0n) is 3.73. The summed E-state index contributed by atoms with van der Waals surface area (Å²) >= 11 is 0. The molecule has 0 unspecified atom stereocenters. The molecule has 0 spiro atoms. The third-order valence-corrected chi connectivity index (χ3v) is 0. The van der Waals surface area contributed by atoms with Crippen LogP contribution in [0.25, 0.3) is 0 Å². The van der Waals surface area contributed by atoms with E-state index in [1.165, 1.54) is 0 Å². The molecule has 0 atom stereocenters. The molecule has 0 bridgehead atoms. The summed E-state index contributed by atoms with van der Waals surface area (Å²) in [4.78, 5) is 0. The molecule has 28 valence electrons. The molecule has 0 aliphatic rings. The standard InChI is InChI=1S/C3H8O.Ca/c1-3(2)4;/h3-4H,1-2H3;. The van der Waals surface area contributed by atoms with E-state index in [9.17, 15) is 0 Å². The van der Waals surface area contributed by atoms with Crippen LogP contribution in [0.4, 0.5) is 0 Å². The van der Waals surface area contributed by atoms with Gasteiger partial charge in [-0.05, 0) is 13.8 Å². The first-order valence-corrected chi connectivity index (χ1v) is 1.41. The van der Waals surface area contributed by atoms with Crippen LogP contribution in [-0.2, 0) is 0 Å². The minimum atomic E-state index is -0.167. The summed E-state index contributed by atoms with van der Waals surface area (Å²) in [5, 5.41) is 8.06. The molecule has 0 heterocycles. The Morgan fingerprint density at radius 3 is 1.40 bits per heavy atom. The van der Waals surface area contributed by atoms with Crippen LogP contribution in [-0.4, -0.2) is 48.9 Å². The Balaban J connectivity index is 0. The molecule has 1 N–H and O–H groups in total. The predicted molar refractivity (Wildman–Crippen MR) is 23.1 cm³/mol. The Morgan fingerprint density at radius 2 is 1.40 bits per heavy atom. The largest absolute Gasteiger partial charge is 0.394 e. The predicted octanol–water partition coefficient (Wildman–Crippen LogP) is 0.00630. The quantitative estimate of drug-likeness (QED) is 0.425. The maximum atomic E-state index is 8.06. The van der Waals surface area contributed by atoms with E-state index >= 15 is 0 Å². The molecule has 0 aliphatic carbocycles. The van der Waals surface area contributed by atoms with Crippen LogP contribution in [0.2, 0.25) is 0 Å². The summed E-state index contributed by atoms with van der Waals surface area (Å²) in [6.45, 7) is 3.44. The van der Waals surface area contributed by atoms with E-state index in [1.54, 1.807) is 13.8 Å².